The van der Waals surface area contributed by atoms with Crippen LogP contribution in [0.25, 0.3) is 11.4 Å². The van der Waals surface area contributed by atoms with Crippen LogP contribution in [0.3, 0.4) is 0 Å². The zero-order valence-corrected chi connectivity index (χ0v) is 13.3. The molecule has 0 aliphatic carbocycles. The number of nitro benzene ring substituents is 1. The lowest BCUT2D eigenvalue weighted by Gasteiger charge is -2.03. The minimum atomic E-state index is -0.539. The van der Waals surface area contributed by atoms with Crippen molar-refractivity contribution in [3.8, 4) is 17.1 Å². The summed E-state index contributed by atoms with van der Waals surface area (Å²) in [5, 5.41) is 28.1. The molecule has 128 valence electrons. The van der Waals surface area contributed by atoms with Crippen molar-refractivity contribution in [2.24, 2.45) is 0 Å². The first-order chi connectivity index (χ1) is 12.0. The molecule has 0 atom stereocenters. The second-order valence-corrected chi connectivity index (χ2v) is 5.81. The average molecular weight is 361 g/mol. The van der Waals surface area contributed by atoms with Crippen LogP contribution in [0.4, 0.5) is 5.69 Å². The highest BCUT2D eigenvalue weighted by molar-refractivity contribution is 7.98. The van der Waals surface area contributed by atoms with Crippen LogP contribution < -0.4 is 11.3 Å². The van der Waals surface area contributed by atoms with Crippen molar-refractivity contribution in [1.29, 1.82) is 0 Å². The van der Waals surface area contributed by atoms with Gasteiger partial charge >= 0.3 is 0 Å². The van der Waals surface area contributed by atoms with E-state index in [9.17, 15) is 14.9 Å². The summed E-state index contributed by atoms with van der Waals surface area (Å²) in [6.45, 7) is 0. The van der Waals surface area contributed by atoms with E-state index in [4.69, 9.17) is 15.4 Å². The summed E-state index contributed by atoms with van der Waals surface area (Å²) in [5.41, 5.74) is -0.00459. The van der Waals surface area contributed by atoms with Gasteiger partial charge in [0.2, 0.25) is 10.6 Å². The van der Waals surface area contributed by atoms with Crippen molar-refractivity contribution in [3.05, 3.63) is 62.7 Å². The van der Waals surface area contributed by atoms with Crippen molar-refractivity contribution in [2.75, 3.05) is 5.84 Å². The summed E-state index contributed by atoms with van der Waals surface area (Å²) in [6.07, 6.45) is 0.966. The lowest BCUT2D eigenvalue weighted by molar-refractivity contribution is -0.384. The van der Waals surface area contributed by atoms with E-state index in [-0.39, 0.29) is 11.4 Å². The third-order valence-electron chi connectivity index (χ3n) is 3.21. The van der Waals surface area contributed by atoms with Gasteiger partial charge in [-0.15, -0.1) is 10.2 Å². The van der Waals surface area contributed by atoms with E-state index >= 15 is 0 Å². The molecular weight excluding hydrogens is 350 g/mol. The number of thioether (sulfide) groups is 1. The average Bonchev–Trinajstić information content (AvgIpc) is 2.97. The number of nitrogen functional groups attached to an aromatic ring is 1. The minimum absolute atomic E-state index is 0.0382. The number of non-ortho nitro benzene ring substituents is 1. The predicted molar refractivity (Wildman–Crippen MR) is 88.5 cm³/mol. The van der Waals surface area contributed by atoms with Gasteiger partial charge < -0.3 is 15.4 Å². The fraction of sp³-hybridized carbons (Fsp3) is 0.0714. The van der Waals surface area contributed by atoms with Crippen molar-refractivity contribution < 1.29 is 14.4 Å². The molecule has 2 aromatic heterocycles. The van der Waals surface area contributed by atoms with Gasteiger partial charge in [0.1, 0.15) is 12.0 Å². The monoisotopic (exact) mass is 361 g/mol. The highest BCUT2D eigenvalue weighted by Crippen LogP contribution is 2.25. The molecule has 1 aromatic carbocycles. The third kappa shape index (κ3) is 3.45. The van der Waals surface area contributed by atoms with Gasteiger partial charge in [0.05, 0.1) is 10.7 Å². The molecule has 3 rings (SSSR count). The van der Waals surface area contributed by atoms with E-state index in [2.05, 4.69) is 10.2 Å². The Kier molecular flexibility index (Phi) is 4.39. The highest BCUT2D eigenvalue weighted by atomic mass is 32.2. The maximum atomic E-state index is 11.4. The van der Waals surface area contributed by atoms with Crippen molar-refractivity contribution in [1.82, 2.24) is 14.9 Å². The summed E-state index contributed by atoms with van der Waals surface area (Å²) < 4.78 is 6.33. The first kappa shape index (κ1) is 16.5. The van der Waals surface area contributed by atoms with Crippen LogP contribution in [0.1, 0.15) is 5.76 Å². The molecule has 3 aromatic rings. The Balaban J connectivity index is 1.77. The third-order valence-corrected chi connectivity index (χ3v) is 4.18. The summed E-state index contributed by atoms with van der Waals surface area (Å²) in [7, 11) is 0. The van der Waals surface area contributed by atoms with E-state index in [0.717, 1.165) is 6.26 Å². The van der Waals surface area contributed by atoms with Crippen LogP contribution in [0.2, 0.25) is 0 Å². The highest BCUT2D eigenvalue weighted by Gasteiger charge is 2.14. The lowest BCUT2D eigenvalue weighted by Crippen LogP contribution is -2.11. The largest absolute Gasteiger partial charge is 0.502 e. The predicted octanol–water partition coefficient (Wildman–Crippen LogP) is 1.52. The molecule has 0 saturated carbocycles. The van der Waals surface area contributed by atoms with E-state index in [1.54, 1.807) is 0 Å². The Morgan fingerprint density at radius 1 is 1.32 bits per heavy atom. The maximum absolute atomic E-state index is 11.4. The van der Waals surface area contributed by atoms with Crippen molar-refractivity contribution in [3.63, 3.8) is 0 Å². The van der Waals surface area contributed by atoms with E-state index in [1.807, 2.05) is 0 Å². The molecule has 25 heavy (non-hydrogen) atoms. The number of aromatic nitrogens is 3. The number of nitro groups is 1. The van der Waals surface area contributed by atoms with Crippen LogP contribution in [-0.2, 0) is 5.75 Å². The Morgan fingerprint density at radius 3 is 2.68 bits per heavy atom. The second kappa shape index (κ2) is 6.65. The van der Waals surface area contributed by atoms with Crippen LogP contribution in [0.5, 0.6) is 5.75 Å². The van der Waals surface area contributed by atoms with Gasteiger partial charge in [-0.1, -0.05) is 11.8 Å². The number of hydrogen-bond donors (Lipinski definition) is 2. The maximum Gasteiger partial charge on any atom is 0.269 e. The van der Waals surface area contributed by atoms with Gasteiger partial charge in [0.15, 0.2) is 11.6 Å². The molecule has 0 unspecified atom stereocenters. The van der Waals surface area contributed by atoms with Crippen LogP contribution in [0, 0.1) is 10.1 Å². The number of rotatable bonds is 5. The van der Waals surface area contributed by atoms with E-state index in [0.29, 0.717) is 22.3 Å². The molecule has 10 nitrogen and oxygen atoms in total. The molecule has 0 aliphatic heterocycles. The molecule has 2 heterocycles. The van der Waals surface area contributed by atoms with Gasteiger partial charge in [-0.2, -0.15) is 0 Å². The Hall–Kier alpha value is -3.34. The topological polar surface area (TPSA) is 150 Å². The van der Waals surface area contributed by atoms with Gasteiger partial charge in [0.25, 0.3) is 5.69 Å². The summed E-state index contributed by atoms with van der Waals surface area (Å²) in [4.78, 5) is 21.5. The molecule has 0 aliphatic rings. The Labute approximate surface area is 144 Å². The van der Waals surface area contributed by atoms with Crippen molar-refractivity contribution in [2.45, 2.75) is 10.9 Å². The fourth-order valence-electron chi connectivity index (χ4n) is 1.96. The van der Waals surface area contributed by atoms with E-state index in [1.165, 1.54) is 46.8 Å². The molecule has 0 amide bonds. The number of nitrogens with zero attached hydrogens (tertiary/aromatic N) is 4. The van der Waals surface area contributed by atoms with Gasteiger partial charge in [-0.3, -0.25) is 14.9 Å². The SMILES string of the molecule is Nn1c(SCc2cc(=O)c(O)co2)nnc1-c1ccc([N+](=O)[O-])cc1. The quantitative estimate of drug-likeness (QED) is 0.298. The summed E-state index contributed by atoms with van der Waals surface area (Å²) in [5.74, 6) is 6.43. The first-order valence-electron chi connectivity index (χ1n) is 6.84. The lowest BCUT2D eigenvalue weighted by atomic mass is 10.2. The standard InChI is InChI=1S/C14H11N5O5S/c15-18-13(8-1-3-9(4-2-8)19(22)23)16-17-14(18)25-7-10-5-11(20)12(21)6-24-10/h1-6,21H,7,15H2. The first-order valence-corrected chi connectivity index (χ1v) is 7.83. The number of nitrogens with two attached hydrogens (primary N) is 1. The Bertz CT molecular complexity index is 982. The van der Waals surface area contributed by atoms with Crippen LogP contribution in [0.15, 0.2) is 51.0 Å². The normalized spacial score (nSPS) is 10.7. The van der Waals surface area contributed by atoms with Crippen molar-refractivity contribution >= 4 is 17.4 Å². The summed E-state index contributed by atoms with van der Waals surface area (Å²) in [6, 6.07) is 6.93. The zero-order chi connectivity index (χ0) is 18.0. The van der Waals surface area contributed by atoms with E-state index < -0.39 is 16.1 Å². The van der Waals surface area contributed by atoms with Gasteiger partial charge in [-0.25, -0.2) is 4.68 Å². The minimum Gasteiger partial charge on any atom is -0.502 e. The van der Waals surface area contributed by atoms with Gasteiger partial charge in [-0.05, 0) is 12.1 Å². The zero-order valence-electron chi connectivity index (χ0n) is 12.5. The molecule has 0 saturated heterocycles. The molecule has 11 heteroatoms. The fourth-order valence-corrected chi connectivity index (χ4v) is 2.71. The van der Waals surface area contributed by atoms with Crippen LogP contribution >= 0.6 is 11.8 Å². The molecule has 3 N–H and O–H groups in total. The smallest absolute Gasteiger partial charge is 0.269 e. The van der Waals surface area contributed by atoms with Gasteiger partial charge in [0, 0.05) is 23.8 Å². The molecule has 0 radical (unpaired) electrons. The number of aromatic hydroxyl groups is 1. The summed E-state index contributed by atoms with van der Waals surface area (Å²) >= 11 is 1.18. The Morgan fingerprint density at radius 2 is 2.04 bits per heavy atom. The molecule has 0 spiro atoms. The molecular formula is C14H11N5O5S. The second-order valence-electron chi connectivity index (χ2n) is 4.86. The number of hydrogen-bond acceptors (Lipinski definition) is 9. The molecule has 0 bridgehead atoms. The number of benzene rings is 1. The molecule has 0 fully saturated rings. The van der Waals surface area contributed by atoms with Crippen LogP contribution in [-0.4, -0.2) is 24.9 Å².